The Morgan fingerprint density at radius 2 is 1.12 bits per heavy atom. The van der Waals surface area contributed by atoms with Gasteiger partial charge in [-0.1, -0.05) is 51.4 Å². The van der Waals surface area contributed by atoms with Crippen LogP contribution in [-0.4, -0.2) is 52.9 Å². The first-order chi connectivity index (χ1) is 12.5. The van der Waals surface area contributed by atoms with Gasteiger partial charge >= 0.3 is 17.4 Å². The van der Waals surface area contributed by atoms with E-state index < -0.39 is 17.4 Å². The zero-order valence-corrected chi connectivity index (χ0v) is 20.0. The lowest BCUT2D eigenvalue weighted by Gasteiger charge is -2.31. The van der Waals surface area contributed by atoms with Gasteiger partial charge in [-0.3, -0.25) is 0 Å². The lowest BCUT2D eigenvalue weighted by atomic mass is 9.79. The Kier molecular flexibility index (Phi) is 11.8. The maximum absolute atomic E-state index is 5.56. The quantitative estimate of drug-likeness (QED) is 0.300. The van der Waals surface area contributed by atoms with Gasteiger partial charge in [0.1, 0.15) is 0 Å². The van der Waals surface area contributed by atoms with Gasteiger partial charge < -0.3 is 22.1 Å². The van der Waals surface area contributed by atoms with Gasteiger partial charge in [-0.05, 0) is 30.8 Å². The monoisotopic (exact) mass is 406 g/mol. The van der Waals surface area contributed by atoms with Gasteiger partial charge in [0.2, 0.25) is 0 Å². The Morgan fingerprint density at radius 3 is 1.58 bits per heavy atom. The van der Waals surface area contributed by atoms with Crippen molar-refractivity contribution in [2.75, 3.05) is 35.5 Å². The fourth-order valence-electron chi connectivity index (χ4n) is 4.09. The van der Waals surface area contributed by atoms with Crippen LogP contribution in [-0.2, 0) is 22.1 Å². The largest absolute Gasteiger partial charge is 0.500 e. The first-order valence-electron chi connectivity index (χ1n) is 10.2. The smallest absolute Gasteiger partial charge is 0.398 e. The number of hydrogen-bond acceptors (Lipinski definition) is 5. The second-order valence-corrected chi connectivity index (χ2v) is 14.5. The summed E-state index contributed by atoms with van der Waals surface area (Å²) < 4.78 is 27.8. The van der Waals surface area contributed by atoms with Crippen LogP contribution < -0.4 is 0 Å². The average Bonchev–Trinajstić information content (AvgIpc) is 2.70. The van der Waals surface area contributed by atoms with Crippen molar-refractivity contribution in [3.63, 3.8) is 0 Å². The second kappa shape index (κ2) is 12.6. The molecule has 0 amide bonds. The van der Waals surface area contributed by atoms with Gasteiger partial charge in [0.25, 0.3) is 0 Å². The van der Waals surface area contributed by atoms with Gasteiger partial charge in [0.05, 0.1) is 0 Å². The highest BCUT2D eigenvalue weighted by molar-refractivity contribution is 6.65. The highest BCUT2D eigenvalue weighted by Crippen LogP contribution is 2.35. The zero-order chi connectivity index (χ0) is 19.5. The predicted molar refractivity (Wildman–Crippen MR) is 111 cm³/mol. The third-order valence-electron chi connectivity index (χ3n) is 6.36. The van der Waals surface area contributed by atoms with E-state index in [-0.39, 0.29) is 0 Å². The summed E-state index contributed by atoms with van der Waals surface area (Å²) in [4.78, 5) is 0. The van der Waals surface area contributed by atoms with Gasteiger partial charge in [-0.15, -0.1) is 0 Å². The Hall–Kier alpha value is 0.234. The molecule has 7 heteroatoms. The van der Waals surface area contributed by atoms with Crippen molar-refractivity contribution in [3.8, 4) is 0 Å². The lowest BCUT2D eigenvalue weighted by Crippen LogP contribution is -2.43. The molecule has 1 aliphatic rings. The van der Waals surface area contributed by atoms with Crippen LogP contribution in [0.25, 0.3) is 0 Å². The molecule has 0 bridgehead atoms. The number of rotatable bonds is 14. The molecule has 0 spiro atoms. The molecule has 0 atom stereocenters. The standard InChI is InChI=1S/C19H42O5Si2/c1-20-25(6,21-2)16-9-7-8-10-18-11-13-19(14-12-18)15-17-26(22-3,23-4)24-5/h18-19H,7-17H2,1-6H3. The normalized spacial score (nSPS) is 21.9. The minimum Gasteiger partial charge on any atom is -0.398 e. The van der Waals surface area contributed by atoms with Crippen molar-refractivity contribution in [1.29, 1.82) is 0 Å². The number of unbranched alkanes of at least 4 members (excludes halogenated alkanes) is 2. The highest BCUT2D eigenvalue weighted by atomic mass is 28.4. The molecule has 0 aromatic carbocycles. The van der Waals surface area contributed by atoms with Crippen LogP contribution in [0.4, 0.5) is 0 Å². The van der Waals surface area contributed by atoms with Crippen LogP contribution in [0, 0.1) is 11.8 Å². The van der Waals surface area contributed by atoms with Crippen LogP contribution >= 0.6 is 0 Å². The molecule has 1 rings (SSSR count). The molecular formula is C19H42O5Si2. The molecule has 0 aliphatic heterocycles. The summed E-state index contributed by atoms with van der Waals surface area (Å²) in [5, 5.41) is 0. The molecule has 1 saturated carbocycles. The van der Waals surface area contributed by atoms with Gasteiger partial charge in [-0.2, -0.15) is 0 Å². The molecule has 0 unspecified atom stereocenters. The van der Waals surface area contributed by atoms with Crippen LogP contribution in [0.3, 0.4) is 0 Å². The molecule has 0 radical (unpaired) electrons. The summed E-state index contributed by atoms with van der Waals surface area (Å²) in [6, 6.07) is 2.05. The highest BCUT2D eigenvalue weighted by Gasteiger charge is 2.38. The third kappa shape index (κ3) is 8.08. The maximum atomic E-state index is 5.56. The maximum Gasteiger partial charge on any atom is 0.500 e. The molecule has 0 saturated heterocycles. The van der Waals surface area contributed by atoms with E-state index in [9.17, 15) is 0 Å². The van der Waals surface area contributed by atoms with E-state index >= 15 is 0 Å². The summed E-state index contributed by atoms with van der Waals surface area (Å²) in [7, 11) is 4.45. The number of hydrogen-bond donors (Lipinski definition) is 0. The van der Waals surface area contributed by atoms with Crippen molar-refractivity contribution in [2.24, 2.45) is 11.8 Å². The molecule has 5 nitrogen and oxygen atoms in total. The van der Waals surface area contributed by atoms with Crippen molar-refractivity contribution < 1.29 is 22.1 Å². The SMILES string of the molecule is CO[Si](C)(CCCCCC1CCC(CC[Si](OC)(OC)OC)CC1)OC. The van der Waals surface area contributed by atoms with E-state index in [0.29, 0.717) is 0 Å². The fourth-order valence-corrected chi connectivity index (χ4v) is 7.43. The minimum absolute atomic E-state index is 0.814. The Balaban J connectivity index is 2.15. The summed E-state index contributed by atoms with van der Waals surface area (Å²) >= 11 is 0. The van der Waals surface area contributed by atoms with Crippen molar-refractivity contribution in [2.45, 2.75) is 76.4 Å². The van der Waals surface area contributed by atoms with Gasteiger partial charge in [0.15, 0.2) is 0 Å². The second-order valence-electron chi connectivity index (χ2n) is 7.86. The molecule has 156 valence electrons. The molecule has 0 aromatic heterocycles. The Bertz CT molecular complexity index is 346. The fraction of sp³-hybridized carbons (Fsp3) is 1.00. The Labute approximate surface area is 163 Å². The molecule has 26 heavy (non-hydrogen) atoms. The lowest BCUT2D eigenvalue weighted by molar-refractivity contribution is 0.119. The summed E-state index contributed by atoms with van der Waals surface area (Å²) in [6.45, 7) is 2.16. The van der Waals surface area contributed by atoms with Gasteiger partial charge in [-0.25, -0.2) is 0 Å². The van der Waals surface area contributed by atoms with Crippen LogP contribution in [0.1, 0.15) is 57.8 Å². The van der Waals surface area contributed by atoms with Crippen molar-refractivity contribution in [3.05, 3.63) is 0 Å². The third-order valence-corrected chi connectivity index (χ3v) is 12.1. The van der Waals surface area contributed by atoms with E-state index in [0.717, 1.165) is 23.9 Å². The van der Waals surface area contributed by atoms with Crippen LogP contribution in [0.15, 0.2) is 0 Å². The molecule has 0 N–H and O–H groups in total. The topological polar surface area (TPSA) is 46.2 Å². The minimum atomic E-state index is -2.39. The van der Waals surface area contributed by atoms with Crippen molar-refractivity contribution in [1.82, 2.24) is 0 Å². The summed E-state index contributed by atoms with van der Waals surface area (Å²) in [5.41, 5.74) is 0. The van der Waals surface area contributed by atoms with E-state index in [1.807, 2.05) is 0 Å². The van der Waals surface area contributed by atoms with E-state index in [4.69, 9.17) is 22.1 Å². The average molecular weight is 407 g/mol. The summed E-state index contributed by atoms with van der Waals surface area (Å²) in [6.07, 6.45) is 11.9. The Morgan fingerprint density at radius 1 is 0.615 bits per heavy atom. The van der Waals surface area contributed by atoms with E-state index in [1.54, 1.807) is 35.5 Å². The molecule has 1 aliphatic carbocycles. The van der Waals surface area contributed by atoms with Gasteiger partial charge in [0, 0.05) is 41.6 Å². The molecular weight excluding hydrogens is 364 g/mol. The first-order valence-corrected chi connectivity index (χ1v) is 14.7. The predicted octanol–water partition coefficient (Wildman–Crippen LogP) is 4.99. The molecule has 0 aromatic rings. The van der Waals surface area contributed by atoms with E-state index in [1.165, 1.54) is 57.8 Å². The molecule has 0 heterocycles. The van der Waals surface area contributed by atoms with E-state index in [2.05, 4.69) is 6.55 Å². The molecule has 1 fully saturated rings. The summed E-state index contributed by atoms with van der Waals surface area (Å²) in [5.74, 6) is 1.74. The zero-order valence-electron chi connectivity index (χ0n) is 18.0. The van der Waals surface area contributed by atoms with Crippen molar-refractivity contribution >= 4 is 17.4 Å². The first kappa shape index (κ1) is 24.3. The van der Waals surface area contributed by atoms with Crippen LogP contribution in [0.5, 0.6) is 0 Å². The van der Waals surface area contributed by atoms with Crippen LogP contribution in [0.2, 0.25) is 18.6 Å².